The molecule has 15 heavy (non-hydrogen) atoms. The molecule has 0 bridgehead atoms. The number of phenolic OH excluding ortho intramolecular Hbond substituents is 1. The van der Waals surface area contributed by atoms with Crippen LogP contribution in [0.3, 0.4) is 0 Å². The molecule has 1 aromatic carbocycles. The zero-order valence-corrected chi connectivity index (χ0v) is 9.09. The van der Waals surface area contributed by atoms with Gasteiger partial charge in [0.25, 0.3) is 0 Å². The van der Waals surface area contributed by atoms with Crippen molar-refractivity contribution < 1.29 is 9.50 Å². The Hall–Kier alpha value is -1.09. The minimum absolute atomic E-state index is 0.204. The zero-order chi connectivity index (χ0) is 11.3. The van der Waals surface area contributed by atoms with E-state index in [-0.39, 0.29) is 5.75 Å². The van der Waals surface area contributed by atoms with E-state index in [1.165, 1.54) is 6.07 Å². The number of hydrogen-bond acceptors (Lipinski definition) is 2. The molecule has 3 N–H and O–H groups in total. The van der Waals surface area contributed by atoms with E-state index in [1.807, 2.05) is 13.0 Å². The number of hydrogen-bond donors (Lipinski definition) is 2. The van der Waals surface area contributed by atoms with E-state index in [0.717, 1.165) is 24.8 Å². The first-order valence-corrected chi connectivity index (χ1v) is 5.39. The third kappa shape index (κ3) is 3.20. The van der Waals surface area contributed by atoms with E-state index in [9.17, 15) is 9.50 Å². The summed E-state index contributed by atoms with van der Waals surface area (Å²) in [6.07, 6.45) is 3.25. The monoisotopic (exact) mass is 211 g/mol. The Morgan fingerprint density at radius 2 is 2.07 bits per heavy atom. The molecule has 1 rings (SSSR count). The van der Waals surface area contributed by atoms with Crippen LogP contribution in [0.15, 0.2) is 12.1 Å². The van der Waals surface area contributed by atoms with Crippen molar-refractivity contribution in [1.82, 2.24) is 0 Å². The predicted molar refractivity (Wildman–Crippen MR) is 59.4 cm³/mol. The highest BCUT2D eigenvalue weighted by atomic mass is 19.1. The molecule has 0 saturated carbocycles. The van der Waals surface area contributed by atoms with Crippen molar-refractivity contribution in [3.05, 3.63) is 29.1 Å². The Morgan fingerprint density at radius 1 is 1.33 bits per heavy atom. The van der Waals surface area contributed by atoms with Crippen LogP contribution in [-0.2, 0) is 12.8 Å². The van der Waals surface area contributed by atoms with Crippen molar-refractivity contribution in [2.45, 2.75) is 32.6 Å². The molecule has 0 radical (unpaired) electrons. The Labute approximate surface area is 89.9 Å². The zero-order valence-electron chi connectivity index (χ0n) is 9.09. The molecule has 84 valence electrons. The molecule has 0 spiro atoms. The van der Waals surface area contributed by atoms with Gasteiger partial charge in [0.15, 0.2) is 11.6 Å². The van der Waals surface area contributed by atoms with Crippen LogP contribution < -0.4 is 5.73 Å². The average molecular weight is 211 g/mol. The first-order chi connectivity index (χ1) is 7.19. The molecule has 0 saturated heterocycles. The van der Waals surface area contributed by atoms with Crippen LogP contribution in [0.25, 0.3) is 0 Å². The van der Waals surface area contributed by atoms with E-state index in [2.05, 4.69) is 0 Å². The number of unbranched alkanes of at least 4 members (excludes halogenated alkanes) is 1. The van der Waals surface area contributed by atoms with E-state index >= 15 is 0 Å². The largest absolute Gasteiger partial charge is 0.505 e. The number of aryl methyl sites for hydroxylation is 2. The SMILES string of the molecule is CCc1cc(F)c(O)c(CCCCN)c1. The molecule has 0 atom stereocenters. The smallest absolute Gasteiger partial charge is 0.165 e. The van der Waals surface area contributed by atoms with Crippen LogP contribution >= 0.6 is 0 Å². The maximum atomic E-state index is 13.3. The topological polar surface area (TPSA) is 46.2 Å². The van der Waals surface area contributed by atoms with Crippen molar-refractivity contribution in [1.29, 1.82) is 0 Å². The number of rotatable bonds is 5. The fourth-order valence-electron chi connectivity index (χ4n) is 1.57. The second kappa shape index (κ2) is 5.71. The van der Waals surface area contributed by atoms with E-state index in [0.29, 0.717) is 18.5 Å². The minimum atomic E-state index is -0.517. The van der Waals surface area contributed by atoms with Gasteiger partial charge in [-0.05, 0) is 49.4 Å². The molecule has 0 aliphatic carbocycles. The van der Waals surface area contributed by atoms with Gasteiger partial charge in [0.05, 0.1) is 0 Å². The van der Waals surface area contributed by atoms with Crippen LogP contribution in [0.2, 0.25) is 0 Å². The summed E-state index contributed by atoms with van der Waals surface area (Å²) in [5.74, 6) is -0.721. The van der Waals surface area contributed by atoms with Gasteiger partial charge in [-0.15, -0.1) is 0 Å². The summed E-state index contributed by atoms with van der Waals surface area (Å²) in [5.41, 5.74) is 7.00. The highest BCUT2D eigenvalue weighted by Crippen LogP contribution is 2.24. The summed E-state index contributed by atoms with van der Waals surface area (Å²) < 4.78 is 13.3. The van der Waals surface area contributed by atoms with Gasteiger partial charge in [-0.2, -0.15) is 0 Å². The molecule has 3 heteroatoms. The van der Waals surface area contributed by atoms with Crippen LogP contribution in [0.1, 0.15) is 30.9 Å². The van der Waals surface area contributed by atoms with Gasteiger partial charge in [0, 0.05) is 0 Å². The molecule has 1 aromatic rings. The molecular formula is C12H18FNO. The van der Waals surface area contributed by atoms with Crippen molar-refractivity contribution in [3.8, 4) is 5.75 Å². The van der Waals surface area contributed by atoms with Crippen LogP contribution in [0.4, 0.5) is 4.39 Å². The second-order valence-corrected chi connectivity index (χ2v) is 3.68. The lowest BCUT2D eigenvalue weighted by Crippen LogP contribution is -2.00. The van der Waals surface area contributed by atoms with E-state index < -0.39 is 5.82 Å². The Balaban J connectivity index is 2.80. The van der Waals surface area contributed by atoms with Crippen molar-refractivity contribution in [2.75, 3.05) is 6.54 Å². The van der Waals surface area contributed by atoms with E-state index in [4.69, 9.17) is 5.73 Å². The van der Waals surface area contributed by atoms with Gasteiger partial charge in [0.1, 0.15) is 0 Å². The average Bonchev–Trinajstić information content (AvgIpc) is 2.24. The Morgan fingerprint density at radius 3 is 2.67 bits per heavy atom. The van der Waals surface area contributed by atoms with Crippen LogP contribution in [-0.4, -0.2) is 11.7 Å². The standard InChI is InChI=1S/C12H18FNO/c1-2-9-7-10(5-3-4-6-14)12(15)11(13)8-9/h7-8,15H,2-6,14H2,1H3. The molecule has 2 nitrogen and oxygen atoms in total. The first kappa shape index (κ1) is 12.0. The predicted octanol–water partition coefficient (Wildman–Crippen LogP) is 2.38. The molecule has 0 unspecified atom stereocenters. The molecule has 0 aliphatic rings. The van der Waals surface area contributed by atoms with Gasteiger partial charge >= 0.3 is 0 Å². The number of aromatic hydroxyl groups is 1. The second-order valence-electron chi connectivity index (χ2n) is 3.68. The lowest BCUT2D eigenvalue weighted by Gasteiger charge is -2.07. The first-order valence-electron chi connectivity index (χ1n) is 5.39. The number of halogens is 1. The lowest BCUT2D eigenvalue weighted by molar-refractivity contribution is 0.424. The fourth-order valence-corrected chi connectivity index (χ4v) is 1.57. The van der Waals surface area contributed by atoms with Gasteiger partial charge in [0.2, 0.25) is 0 Å². The summed E-state index contributed by atoms with van der Waals surface area (Å²) in [6, 6.07) is 3.26. The Bertz CT molecular complexity index is 326. The molecule has 0 heterocycles. The number of benzene rings is 1. The quantitative estimate of drug-likeness (QED) is 0.734. The molecule has 0 fully saturated rings. The van der Waals surface area contributed by atoms with Crippen LogP contribution in [0.5, 0.6) is 5.75 Å². The highest BCUT2D eigenvalue weighted by Gasteiger charge is 2.08. The normalized spacial score (nSPS) is 10.6. The van der Waals surface area contributed by atoms with Crippen molar-refractivity contribution >= 4 is 0 Å². The highest BCUT2D eigenvalue weighted by molar-refractivity contribution is 5.37. The van der Waals surface area contributed by atoms with Gasteiger partial charge < -0.3 is 10.8 Å². The minimum Gasteiger partial charge on any atom is -0.505 e. The third-order valence-corrected chi connectivity index (χ3v) is 2.51. The maximum absolute atomic E-state index is 13.3. The summed E-state index contributed by atoms with van der Waals surface area (Å²) in [6.45, 7) is 2.60. The van der Waals surface area contributed by atoms with E-state index in [1.54, 1.807) is 0 Å². The van der Waals surface area contributed by atoms with Crippen molar-refractivity contribution in [2.24, 2.45) is 5.73 Å². The molecule has 0 amide bonds. The van der Waals surface area contributed by atoms with Crippen LogP contribution in [0, 0.1) is 5.82 Å². The van der Waals surface area contributed by atoms with Gasteiger partial charge in [-0.1, -0.05) is 13.0 Å². The summed E-state index contributed by atoms with van der Waals surface area (Å²) in [5, 5.41) is 9.51. The maximum Gasteiger partial charge on any atom is 0.165 e. The lowest BCUT2D eigenvalue weighted by atomic mass is 10.0. The van der Waals surface area contributed by atoms with Crippen molar-refractivity contribution in [3.63, 3.8) is 0 Å². The molecular weight excluding hydrogens is 193 g/mol. The molecule has 0 aliphatic heterocycles. The summed E-state index contributed by atoms with van der Waals surface area (Å²) in [7, 11) is 0. The fraction of sp³-hybridized carbons (Fsp3) is 0.500. The molecule has 0 aromatic heterocycles. The number of phenols is 1. The number of nitrogens with two attached hydrogens (primary N) is 1. The third-order valence-electron chi connectivity index (χ3n) is 2.51. The summed E-state index contributed by atoms with van der Waals surface area (Å²) in [4.78, 5) is 0. The Kier molecular flexibility index (Phi) is 4.56. The van der Waals surface area contributed by atoms with Gasteiger partial charge in [-0.25, -0.2) is 4.39 Å². The summed E-state index contributed by atoms with van der Waals surface area (Å²) >= 11 is 0. The van der Waals surface area contributed by atoms with Gasteiger partial charge in [-0.3, -0.25) is 0 Å².